The summed E-state index contributed by atoms with van der Waals surface area (Å²) in [6, 6.07) is 0. The van der Waals surface area contributed by atoms with Gasteiger partial charge < -0.3 is 9.64 Å². The molecule has 0 amide bonds. The van der Waals surface area contributed by atoms with E-state index in [0.29, 0.717) is 6.10 Å². The zero-order valence-corrected chi connectivity index (χ0v) is 7.42. The van der Waals surface area contributed by atoms with Crippen molar-refractivity contribution >= 4 is 0 Å². The number of rotatable bonds is 1. The van der Waals surface area contributed by atoms with Gasteiger partial charge in [-0.15, -0.1) is 0 Å². The van der Waals surface area contributed by atoms with Gasteiger partial charge in [-0.05, 0) is 31.7 Å². The van der Waals surface area contributed by atoms with Gasteiger partial charge in [-0.25, -0.2) is 0 Å². The second kappa shape index (κ2) is 2.76. The average Bonchev–Trinajstić information content (AvgIpc) is 2.43. The maximum atomic E-state index is 5.36. The van der Waals surface area contributed by atoms with Gasteiger partial charge in [0.05, 0.1) is 6.10 Å². The number of ether oxygens (including phenoxy) is 1. The second-order valence-electron chi connectivity index (χ2n) is 4.07. The van der Waals surface area contributed by atoms with Gasteiger partial charge in [0.1, 0.15) is 0 Å². The molecule has 1 aliphatic heterocycles. The maximum Gasteiger partial charge on any atom is 0.0577 e. The first kappa shape index (κ1) is 7.56. The molecule has 0 aromatic rings. The van der Waals surface area contributed by atoms with E-state index in [4.69, 9.17) is 4.74 Å². The van der Waals surface area contributed by atoms with Crippen molar-refractivity contribution in [1.29, 1.82) is 0 Å². The molecule has 1 aliphatic carbocycles. The molecule has 1 saturated heterocycles. The van der Waals surface area contributed by atoms with Gasteiger partial charge in [0, 0.05) is 20.2 Å². The van der Waals surface area contributed by atoms with Crippen LogP contribution in [0.15, 0.2) is 0 Å². The third kappa shape index (κ3) is 1.30. The molecule has 1 heterocycles. The van der Waals surface area contributed by atoms with E-state index in [0.717, 1.165) is 11.8 Å². The van der Waals surface area contributed by atoms with E-state index in [9.17, 15) is 0 Å². The van der Waals surface area contributed by atoms with Crippen molar-refractivity contribution in [2.45, 2.75) is 18.9 Å². The Bertz CT molecular complexity index is 134. The largest absolute Gasteiger partial charge is 0.381 e. The molecular weight excluding hydrogens is 138 g/mol. The first-order chi connectivity index (χ1) is 5.29. The van der Waals surface area contributed by atoms with Crippen LogP contribution in [0.4, 0.5) is 0 Å². The van der Waals surface area contributed by atoms with E-state index >= 15 is 0 Å². The van der Waals surface area contributed by atoms with Gasteiger partial charge in [-0.2, -0.15) is 0 Å². The van der Waals surface area contributed by atoms with Gasteiger partial charge >= 0.3 is 0 Å². The molecule has 2 unspecified atom stereocenters. The van der Waals surface area contributed by atoms with Crippen LogP contribution in [0.3, 0.4) is 0 Å². The van der Waals surface area contributed by atoms with Crippen molar-refractivity contribution in [3.8, 4) is 0 Å². The van der Waals surface area contributed by atoms with Crippen molar-refractivity contribution in [3.63, 3.8) is 0 Å². The van der Waals surface area contributed by atoms with Crippen molar-refractivity contribution in [2.24, 2.45) is 11.8 Å². The summed E-state index contributed by atoms with van der Waals surface area (Å²) in [4.78, 5) is 2.45. The highest BCUT2D eigenvalue weighted by atomic mass is 16.5. The minimum absolute atomic E-state index is 0.568. The summed E-state index contributed by atoms with van der Waals surface area (Å²) in [6.45, 7) is 2.59. The normalized spacial score (nSPS) is 44.7. The lowest BCUT2D eigenvalue weighted by molar-refractivity contribution is 0.0981. The predicted molar refractivity (Wildman–Crippen MR) is 44.5 cm³/mol. The van der Waals surface area contributed by atoms with Crippen LogP contribution < -0.4 is 0 Å². The minimum Gasteiger partial charge on any atom is -0.381 e. The van der Waals surface area contributed by atoms with Crippen molar-refractivity contribution in [2.75, 3.05) is 27.2 Å². The van der Waals surface area contributed by atoms with Crippen LogP contribution in [0, 0.1) is 11.8 Å². The Morgan fingerprint density at radius 1 is 1.18 bits per heavy atom. The molecule has 2 heteroatoms. The Labute approximate surface area is 68.5 Å². The standard InChI is InChI=1S/C9H17NO/c1-10-5-7-3-9(11-2)4-8(7)6-10/h7-9H,3-6H2,1-2H3/t7-,8?,9?/m1/s1. The van der Waals surface area contributed by atoms with Gasteiger partial charge in [0.15, 0.2) is 0 Å². The Morgan fingerprint density at radius 3 is 2.18 bits per heavy atom. The Kier molecular flexibility index (Phi) is 1.90. The zero-order chi connectivity index (χ0) is 7.84. The molecule has 0 spiro atoms. The third-order valence-corrected chi connectivity index (χ3v) is 3.22. The van der Waals surface area contributed by atoms with E-state index in [2.05, 4.69) is 11.9 Å². The van der Waals surface area contributed by atoms with Crippen LogP contribution in [-0.4, -0.2) is 38.3 Å². The summed E-state index contributed by atoms with van der Waals surface area (Å²) in [5.41, 5.74) is 0. The Morgan fingerprint density at radius 2 is 1.73 bits per heavy atom. The number of hydrogen-bond donors (Lipinski definition) is 0. The topological polar surface area (TPSA) is 12.5 Å². The molecule has 11 heavy (non-hydrogen) atoms. The van der Waals surface area contributed by atoms with Crippen molar-refractivity contribution in [1.82, 2.24) is 4.90 Å². The number of hydrogen-bond acceptors (Lipinski definition) is 2. The SMILES string of the molecule is COC1CC2CN(C)C[C@H]2C1. The monoisotopic (exact) mass is 155 g/mol. The molecule has 0 N–H and O–H groups in total. The number of likely N-dealkylation sites (tertiary alicyclic amines) is 1. The molecule has 2 nitrogen and oxygen atoms in total. The van der Waals surface area contributed by atoms with Crippen molar-refractivity contribution in [3.05, 3.63) is 0 Å². The van der Waals surface area contributed by atoms with E-state index in [1.807, 2.05) is 7.11 Å². The fourth-order valence-corrected chi connectivity index (χ4v) is 2.67. The minimum atomic E-state index is 0.568. The molecule has 64 valence electrons. The smallest absolute Gasteiger partial charge is 0.0577 e. The zero-order valence-electron chi connectivity index (χ0n) is 7.42. The number of fused-ring (bicyclic) bond motifs is 1. The van der Waals surface area contributed by atoms with E-state index in [1.54, 1.807) is 0 Å². The summed E-state index contributed by atoms with van der Waals surface area (Å²) in [6.07, 6.45) is 3.16. The highest BCUT2D eigenvalue weighted by molar-refractivity contribution is 4.91. The first-order valence-corrected chi connectivity index (χ1v) is 4.51. The molecule has 0 aromatic carbocycles. The highest BCUT2D eigenvalue weighted by Crippen LogP contribution is 2.38. The van der Waals surface area contributed by atoms with Gasteiger partial charge in [0.2, 0.25) is 0 Å². The molecular formula is C9H17NO. The molecule has 2 rings (SSSR count). The Balaban J connectivity index is 1.93. The molecule has 0 aromatic heterocycles. The summed E-state index contributed by atoms with van der Waals surface area (Å²) < 4.78 is 5.36. The lowest BCUT2D eigenvalue weighted by atomic mass is 10.0. The number of nitrogens with zero attached hydrogens (tertiary/aromatic N) is 1. The van der Waals surface area contributed by atoms with Crippen LogP contribution in [0.1, 0.15) is 12.8 Å². The van der Waals surface area contributed by atoms with Crippen LogP contribution in [0.25, 0.3) is 0 Å². The molecule has 2 fully saturated rings. The molecule has 0 radical (unpaired) electrons. The third-order valence-electron chi connectivity index (χ3n) is 3.22. The maximum absolute atomic E-state index is 5.36. The Hall–Kier alpha value is -0.0800. The van der Waals surface area contributed by atoms with Crippen molar-refractivity contribution < 1.29 is 4.74 Å². The second-order valence-corrected chi connectivity index (χ2v) is 4.07. The summed E-state index contributed by atoms with van der Waals surface area (Å²) in [5, 5.41) is 0. The van der Waals surface area contributed by atoms with Gasteiger partial charge in [-0.3, -0.25) is 0 Å². The quantitative estimate of drug-likeness (QED) is 0.559. The molecule has 0 bridgehead atoms. The van der Waals surface area contributed by atoms with E-state index < -0.39 is 0 Å². The first-order valence-electron chi connectivity index (χ1n) is 4.51. The lowest BCUT2D eigenvalue weighted by Crippen LogP contribution is -2.18. The van der Waals surface area contributed by atoms with Gasteiger partial charge in [0.25, 0.3) is 0 Å². The predicted octanol–water partition coefficient (Wildman–Crippen LogP) is 0.973. The number of methoxy groups -OCH3 is 1. The van der Waals surface area contributed by atoms with E-state index in [1.165, 1.54) is 25.9 Å². The van der Waals surface area contributed by atoms with E-state index in [-0.39, 0.29) is 0 Å². The van der Waals surface area contributed by atoms with Crippen LogP contribution >= 0.6 is 0 Å². The van der Waals surface area contributed by atoms with Crippen LogP contribution in [-0.2, 0) is 4.74 Å². The van der Waals surface area contributed by atoms with Crippen LogP contribution in [0.5, 0.6) is 0 Å². The van der Waals surface area contributed by atoms with Crippen LogP contribution in [0.2, 0.25) is 0 Å². The fraction of sp³-hybridized carbons (Fsp3) is 1.00. The highest BCUT2D eigenvalue weighted by Gasteiger charge is 2.39. The fourth-order valence-electron chi connectivity index (χ4n) is 2.67. The summed E-state index contributed by atoms with van der Waals surface area (Å²) in [7, 11) is 4.07. The average molecular weight is 155 g/mol. The summed E-state index contributed by atoms with van der Waals surface area (Å²) in [5.74, 6) is 1.87. The summed E-state index contributed by atoms with van der Waals surface area (Å²) >= 11 is 0. The molecule has 3 atom stereocenters. The molecule has 2 aliphatic rings. The van der Waals surface area contributed by atoms with Gasteiger partial charge in [-0.1, -0.05) is 0 Å². The molecule has 1 saturated carbocycles. The lowest BCUT2D eigenvalue weighted by Gasteiger charge is -2.12.